The van der Waals surface area contributed by atoms with Crippen LogP contribution in [-0.2, 0) is 0 Å². The van der Waals surface area contributed by atoms with Crippen LogP contribution >= 0.6 is 9.24 Å². The van der Waals surface area contributed by atoms with Crippen LogP contribution in [0.25, 0.3) is 10.9 Å². The lowest BCUT2D eigenvalue weighted by Crippen LogP contribution is -2.14. The molecule has 6 heteroatoms. The number of aromatic nitrogens is 3. The van der Waals surface area contributed by atoms with Crippen molar-refractivity contribution in [3.05, 3.63) is 18.5 Å². The van der Waals surface area contributed by atoms with Gasteiger partial charge in [-0.15, -0.1) is 0 Å². The normalized spacial score (nSPS) is 10.3. The topological polar surface area (TPSA) is 76.7 Å². The molecule has 0 bridgehead atoms. The first-order chi connectivity index (χ1) is 6.31. The third kappa shape index (κ3) is 1.43. The SMILES string of the molecule is NNc1nc(P)nc2cnccc12. The van der Waals surface area contributed by atoms with Gasteiger partial charge in [0, 0.05) is 11.6 Å². The van der Waals surface area contributed by atoms with Crippen molar-refractivity contribution in [2.24, 2.45) is 5.84 Å². The van der Waals surface area contributed by atoms with Gasteiger partial charge in [0.05, 0.1) is 11.7 Å². The molecule has 0 fully saturated rings. The van der Waals surface area contributed by atoms with Crippen molar-refractivity contribution in [3.63, 3.8) is 0 Å². The van der Waals surface area contributed by atoms with Crippen molar-refractivity contribution >= 4 is 31.5 Å². The second-order valence-electron chi connectivity index (χ2n) is 2.47. The number of hydrogen-bond donors (Lipinski definition) is 2. The van der Waals surface area contributed by atoms with Gasteiger partial charge in [0.1, 0.15) is 5.57 Å². The summed E-state index contributed by atoms with van der Waals surface area (Å²) in [6, 6.07) is 1.81. The van der Waals surface area contributed by atoms with Crippen molar-refractivity contribution in [1.29, 1.82) is 0 Å². The highest BCUT2D eigenvalue weighted by Gasteiger charge is 2.02. The van der Waals surface area contributed by atoms with Gasteiger partial charge in [-0.25, -0.2) is 15.8 Å². The van der Waals surface area contributed by atoms with Crippen LogP contribution in [-0.4, -0.2) is 15.0 Å². The maximum atomic E-state index is 5.31. The number of nitrogen functional groups attached to an aromatic ring is 1. The van der Waals surface area contributed by atoms with Crippen LogP contribution in [0.15, 0.2) is 18.5 Å². The summed E-state index contributed by atoms with van der Waals surface area (Å²) in [5, 5.41) is 0.865. The molecule has 0 aromatic carbocycles. The highest BCUT2D eigenvalue weighted by Crippen LogP contribution is 2.15. The van der Waals surface area contributed by atoms with Gasteiger partial charge in [-0.3, -0.25) is 4.98 Å². The summed E-state index contributed by atoms with van der Waals surface area (Å²) < 4.78 is 0. The van der Waals surface area contributed by atoms with Crippen molar-refractivity contribution in [2.45, 2.75) is 0 Å². The summed E-state index contributed by atoms with van der Waals surface area (Å²) in [5.41, 5.74) is 3.88. The molecular weight excluding hydrogens is 185 g/mol. The minimum Gasteiger partial charge on any atom is -0.308 e. The van der Waals surface area contributed by atoms with Gasteiger partial charge < -0.3 is 5.43 Å². The van der Waals surface area contributed by atoms with E-state index in [0.29, 0.717) is 11.4 Å². The van der Waals surface area contributed by atoms with E-state index in [2.05, 4.69) is 29.6 Å². The second kappa shape index (κ2) is 3.20. The van der Waals surface area contributed by atoms with Crippen LogP contribution in [0.3, 0.4) is 0 Å². The van der Waals surface area contributed by atoms with E-state index in [9.17, 15) is 0 Å². The lowest BCUT2D eigenvalue weighted by molar-refractivity contribution is 1.22. The summed E-state index contributed by atoms with van der Waals surface area (Å²) in [5.74, 6) is 5.92. The Labute approximate surface area is 77.0 Å². The lowest BCUT2D eigenvalue weighted by Gasteiger charge is -2.03. The minimum absolute atomic E-state index is 0.591. The van der Waals surface area contributed by atoms with Gasteiger partial charge in [-0.1, -0.05) is 9.24 Å². The number of fused-ring (bicyclic) bond motifs is 1. The summed E-state index contributed by atoms with van der Waals surface area (Å²) in [4.78, 5) is 12.2. The zero-order valence-corrected chi connectivity index (χ0v) is 7.88. The first kappa shape index (κ1) is 8.29. The van der Waals surface area contributed by atoms with Crippen LogP contribution in [0.2, 0.25) is 0 Å². The molecule has 0 spiro atoms. The first-order valence-electron chi connectivity index (χ1n) is 3.65. The van der Waals surface area contributed by atoms with Crippen molar-refractivity contribution in [1.82, 2.24) is 15.0 Å². The molecule has 2 aromatic heterocycles. The smallest absolute Gasteiger partial charge is 0.152 e. The molecule has 5 nitrogen and oxygen atoms in total. The van der Waals surface area contributed by atoms with Crippen molar-refractivity contribution < 1.29 is 0 Å². The van der Waals surface area contributed by atoms with E-state index in [0.717, 1.165) is 10.9 Å². The quantitative estimate of drug-likeness (QED) is 0.373. The van der Waals surface area contributed by atoms with Crippen molar-refractivity contribution in [3.8, 4) is 0 Å². The summed E-state index contributed by atoms with van der Waals surface area (Å²) in [7, 11) is 2.42. The van der Waals surface area contributed by atoms with Crippen LogP contribution < -0.4 is 16.8 Å². The third-order valence-electron chi connectivity index (χ3n) is 1.65. The van der Waals surface area contributed by atoms with E-state index in [-0.39, 0.29) is 0 Å². The molecule has 3 N–H and O–H groups in total. The maximum Gasteiger partial charge on any atom is 0.152 e. The molecule has 66 valence electrons. The number of anilines is 1. The highest BCUT2D eigenvalue weighted by molar-refractivity contribution is 7.26. The minimum atomic E-state index is 0.591. The van der Waals surface area contributed by atoms with Crippen LogP contribution in [0.5, 0.6) is 0 Å². The fourth-order valence-corrected chi connectivity index (χ4v) is 1.38. The predicted octanol–water partition coefficient (Wildman–Crippen LogP) is -0.189. The van der Waals surface area contributed by atoms with Crippen LogP contribution in [0, 0.1) is 0 Å². The van der Waals surface area contributed by atoms with E-state index in [4.69, 9.17) is 5.84 Å². The highest BCUT2D eigenvalue weighted by atomic mass is 31.0. The molecule has 13 heavy (non-hydrogen) atoms. The second-order valence-corrected chi connectivity index (χ2v) is 2.98. The summed E-state index contributed by atoms with van der Waals surface area (Å²) in [6.45, 7) is 0. The number of hydrazine groups is 1. The van der Waals surface area contributed by atoms with Gasteiger partial charge in [0.25, 0.3) is 0 Å². The fraction of sp³-hybridized carbons (Fsp3) is 0. The summed E-state index contributed by atoms with van der Waals surface area (Å²) in [6.07, 6.45) is 3.35. The zero-order chi connectivity index (χ0) is 9.26. The number of nitrogens with one attached hydrogen (secondary N) is 1. The average molecular weight is 193 g/mol. The van der Waals surface area contributed by atoms with Gasteiger partial charge in [0.15, 0.2) is 5.82 Å². The van der Waals surface area contributed by atoms with E-state index < -0.39 is 0 Å². The molecule has 2 rings (SSSR count). The Bertz CT molecular complexity index is 444. The molecule has 0 aliphatic carbocycles. The molecule has 1 atom stereocenters. The zero-order valence-electron chi connectivity index (χ0n) is 6.73. The molecule has 0 saturated heterocycles. The van der Waals surface area contributed by atoms with E-state index in [1.807, 2.05) is 6.07 Å². The Balaban J connectivity index is 2.81. The third-order valence-corrected chi connectivity index (χ3v) is 1.91. The Morgan fingerprint density at radius 1 is 1.38 bits per heavy atom. The van der Waals surface area contributed by atoms with Gasteiger partial charge in [-0.2, -0.15) is 0 Å². The number of pyridine rings is 1. The molecule has 0 radical (unpaired) electrons. The number of rotatable bonds is 1. The van der Waals surface area contributed by atoms with Crippen LogP contribution in [0.1, 0.15) is 0 Å². The standard InChI is InChI=1S/C7H8N5P/c8-12-6-4-1-2-9-3-5(4)10-7(13)11-6/h1-3H,8,13H2,(H,10,11,12). The fourth-order valence-electron chi connectivity index (χ4n) is 1.11. The molecular formula is C7H8N5P. The Morgan fingerprint density at radius 2 is 2.23 bits per heavy atom. The molecule has 2 aromatic rings. The Kier molecular flexibility index (Phi) is 2.04. The molecule has 0 aliphatic rings. The van der Waals surface area contributed by atoms with E-state index in [1.165, 1.54) is 0 Å². The molecule has 0 aliphatic heterocycles. The average Bonchev–Trinajstić information content (AvgIpc) is 2.16. The van der Waals surface area contributed by atoms with Gasteiger partial charge in [-0.05, 0) is 6.07 Å². The molecule has 1 unspecified atom stereocenters. The van der Waals surface area contributed by atoms with E-state index >= 15 is 0 Å². The largest absolute Gasteiger partial charge is 0.308 e. The summed E-state index contributed by atoms with van der Waals surface area (Å²) >= 11 is 0. The van der Waals surface area contributed by atoms with Gasteiger partial charge in [0.2, 0.25) is 0 Å². The van der Waals surface area contributed by atoms with Gasteiger partial charge >= 0.3 is 0 Å². The molecule has 2 heterocycles. The number of hydrogen-bond acceptors (Lipinski definition) is 5. The van der Waals surface area contributed by atoms with E-state index in [1.54, 1.807) is 12.4 Å². The monoisotopic (exact) mass is 193 g/mol. The number of nitrogens with two attached hydrogens (primary N) is 1. The van der Waals surface area contributed by atoms with Crippen molar-refractivity contribution in [2.75, 3.05) is 5.43 Å². The van der Waals surface area contributed by atoms with Crippen LogP contribution in [0.4, 0.5) is 5.82 Å². The lowest BCUT2D eigenvalue weighted by atomic mass is 10.3. The molecule has 0 amide bonds. The molecule has 0 saturated carbocycles. The Hall–Kier alpha value is -1.32. The maximum absolute atomic E-state index is 5.31. The Morgan fingerprint density at radius 3 is 3.00 bits per heavy atom. The number of nitrogens with zero attached hydrogens (tertiary/aromatic N) is 3. The predicted molar refractivity (Wildman–Crippen MR) is 54.5 cm³/mol. The first-order valence-corrected chi connectivity index (χ1v) is 4.23.